The fourth-order valence-electron chi connectivity index (χ4n) is 2.40. The number of hydrogen-bond donors (Lipinski definition) is 2. The molecule has 0 amide bonds. The molecule has 126 valence electrons. The molecule has 7 heteroatoms. The number of nitrogens with zero attached hydrogens (tertiary/aromatic N) is 4. The summed E-state index contributed by atoms with van der Waals surface area (Å²) in [7, 11) is 1.88. The van der Waals surface area contributed by atoms with E-state index in [9.17, 15) is 0 Å². The molecular weight excluding hydrogens is 324 g/mol. The standard InChI is InChI=1S/C17H21ClN6/c1-3-4-9-19-17-22-15(14-11-21-24(2)16(14)23-17)20-10-12-5-7-13(18)8-6-12/h5-8,11H,3-4,9-10H2,1-2H3,(H2,19,20,22,23). The highest BCUT2D eigenvalue weighted by atomic mass is 35.5. The predicted molar refractivity (Wildman–Crippen MR) is 98.5 cm³/mol. The van der Waals surface area contributed by atoms with Crippen LogP contribution in [0.3, 0.4) is 0 Å². The molecule has 0 aliphatic rings. The molecule has 3 rings (SSSR count). The van der Waals surface area contributed by atoms with E-state index in [0.29, 0.717) is 12.5 Å². The summed E-state index contributed by atoms with van der Waals surface area (Å²) in [4.78, 5) is 9.16. The van der Waals surface area contributed by atoms with Crippen molar-refractivity contribution in [2.24, 2.45) is 7.05 Å². The third kappa shape index (κ3) is 3.76. The van der Waals surface area contributed by atoms with Gasteiger partial charge in [-0.05, 0) is 24.1 Å². The van der Waals surface area contributed by atoms with Crippen LogP contribution in [0, 0.1) is 0 Å². The van der Waals surface area contributed by atoms with Gasteiger partial charge in [-0.15, -0.1) is 0 Å². The van der Waals surface area contributed by atoms with E-state index in [4.69, 9.17) is 11.6 Å². The quantitative estimate of drug-likeness (QED) is 0.637. The Morgan fingerprint density at radius 3 is 2.67 bits per heavy atom. The SMILES string of the molecule is CCCCNc1nc(NCc2ccc(Cl)cc2)c2cnn(C)c2n1. The van der Waals surface area contributed by atoms with Crippen molar-refractivity contribution in [2.75, 3.05) is 17.2 Å². The van der Waals surface area contributed by atoms with Gasteiger partial charge in [0.15, 0.2) is 5.65 Å². The van der Waals surface area contributed by atoms with Crippen molar-refractivity contribution >= 4 is 34.4 Å². The fraction of sp³-hybridized carbons (Fsp3) is 0.353. The molecule has 0 saturated carbocycles. The number of anilines is 2. The smallest absolute Gasteiger partial charge is 0.226 e. The molecule has 2 N–H and O–H groups in total. The zero-order valence-electron chi connectivity index (χ0n) is 13.9. The Balaban J connectivity index is 1.83. The maximum Gasteiger partial charge on any atom is 0.226 e. The molecule has 0 atom stereocenters. The van der Waals surface area contributed by atoms with Crippen molar-refractivity contribution in [1.82, 2.24) is 19.7 Å². The minimum absolute atomic E-state index is 0.623. The van der Waals surface area contributed by atoms with Crippen LogP contribution < -0.4 is 10.6 Å². The summed E-state index contributed by atoms with van der Waals surface area (Å²) in [6, 6.07) is 7.76. The summed E-state index contributed by atoms with van der Waals surface area (Å²) in [6.07, 6.45) is 4.00. The van der Waals surface area contributed by atoms with E-state index < -0.39 is 0 Å². The highest BCUT2D eigenvalue weighted by Gasteiger charge is 2.11. The number of hydrogen-bond acceptors (Lipinski definition) is 5. The van der Waals surface area contributed by atoms with Crippen molar-refractivity contribution in [3.05, 3.63) is 41.0 Å². The Hall–Kier alpha value is -2.34. The van der Waals surface area contributed by atoms with Crippen molar-refractivity contribution in [3.8, 4) is 0 Å². The van der Waals surface area contributed by atoms with Gasteiger partial charge in [-0.1, -0.05) is 37.1 Å². The zero-order chi connectivity index (χ0) is 16.9. The Morgan fingerprint density at radius 1 is 1.12 bits per heavy atom. The number of halogens is 1. The topological polar surface area (TPSA) is 67.7 Å². The molecule has 2 heterocycles. The van der Waals surface area contributed by atoms with Crippen LogP contribution in [-0.4, -0.2) is 26.3 Å². The molecule has 0 saturated heterocycles. The van der Waals surface area contributed by atoms with Crippen LogP contribution in [0.15, 0.2) is 30.5 Å². The van der Waals surface area contributed by atoms with Crippen molar-refractivity contribution in [1.29, 1.82) is 0 Å². The second kappa shape index (κ2) is 7.49. The molecule has 0 spiro atoms. The van der Waals surface area contributed by atoms with Crippen molar-refractivity contribution in [3.63, 3.8) is 0 Å². The van der Waals surface area contributed by atoms with Gasteiger partial charge in [0, 0.05) is 25.2 Å². The number of aryl methyl sites for hydroxylation is 1. The second-order valence-electron chi connectivity index (χ2n) is 5.66. The molecule has 1 aromatic carbocycles. The highest BCUT2D eigenvalue weighted by Crippen LogP contribution is 2.22. The first kappa shape index (κ1) is 16.5. The van der Waals surface area contributed by atoms with Crippen LogP contribution in [0.2, 0.25) is 5.02 Å². The van der Waals surface area contributed by atoms with E-state index in [2.05, 4.69) is 32.6 Å². The maximum absolute atomic E-state index is 5.93. The van der Waals surface area contributed by atoms with Gasteiger partial charge >= 0.3 is 0 Å². The van der Waals surface area contributed by atoms with Crippen LogP contribution in [0.25, 0.3) is 11.0 Å². The predicted octanol–water partition coefficient (Wildman–Crippen LogP) is 3.84. The van der Waals surface area contributed by atoms with E-state index in [0.717, 1.165) is 46.8 Å². The fourth-order valence-corrected chi connectivity index (χ4v) is 2.53. The lowest BCUT2D eigenvalue weighted by molar-refractivity contribution is 0.783. The first-order valence-corrected chi connectivity index (χ1v) is 8.47. The Labute approximate surface area is 146 Å². The lowest BCUT2D eigenvalue weighted by Crippen LogP contribution is -2.09. The van der Waals surface area contributed by atoms with Crippen LogP contribution in [0.5, 0.6) is 0 Å². The zero-order valence-corrected chi connectivity index (χ0v) is 14.6. The molecule has 24 heavy (non-hydrogen) atoms. The largest absolute Gasteiger partial charge is 0.365 e. The van der Waals surface area contributed by atoms with E-state index in [1.807, 2.05) is 31.3 Å². The maximum atomic E-state index is 5.93. The summed E-state index contributed by atoms with van der Waals surface area (Å²) in [5.41, 5.74) is 1.94. The van der Waals surface area contributed by atoms with E-state index in [1.165, 1.54) is 0 Å². The minimum Gasteiger partial charge on any atom is -0.365 e. The monoisotopic (exact) mass is 344 g/mol. The Morgan fingerprint density at radius 2 is 1.92 bits per heavy atom. The normalized spacial score (nSPS) is 11.0. The average molecular weight is 345 g/mol. The number of benzene rings is 1. The van der Waals surface area contributed by atoms with Gasteiger partial charge < -0.3 is 10.6 Å². The molecule has 0 radical (unpaired) electrons. The molecule has 0 aliphatic heterocycles. The van der Waals surface area contributed by atoms with Gasteiger partial charge in [0.25, 0.3) is 0 Å². The van der Waals surface area contributed by atoms with Gasteiger partial charge in [-0.3, -0.25) is 4.68 Å². The molecular formula is C17H21ClN6. The van der Waals surface area contributed by atoms with E-state index in [1.54, 1.807) is 10.9 Å². The molecule has 0 bridgehead atoms. The minimum atomic E-state index is 0.623. The van der Waals surface area contributed by atoms with Gasteiger partial charge in [0.05, 0.1) is 11.6 Å². The second-order valence-corrected chi connectivity index (χ2v) is 6.10. The molecule has 0 aliphatic carbocycles. The summed E-state index contributed by atoms with van der Waals surface area (Å²) < 4.78 is 1.76. The lowest BCUT2D eigenvalue weighted by Gasteiger charge is -2.10. The van der Waals surface area contributed by atoms with E-state index in [-0.39, 0.29) is 0 Å². The van der Waals surface area contributed by atoms with Crippen LogP contribution in [-0.2, 0) is 13.6 Å². The summed E-state index contributed by atoms with van der Waals surface area (Å²) in [5.74, 6) is 1.40. The Kier molecular flexibility index (Phi) is 5.15. The lowest BCUT2D eigenvalue weighted by atomic mass is 10.2. The molecule has 6 nitrogen and oxygen atoms in total. The first-order valence-electron chi connectivity index (χ1n) is 8.09. The van der Waals surface area contributed by atoms with Crippen molar-refractivity contribution < 1.29 is 0 Å². The van der Waals surface area contributed by atoms with Gasteiger partial charge in [0.1, 0.15) is 5.82 Å². The Bertz CT molecular complexity index is 812. The number of aromatic nitrogens is 4. The molecule has 0 fully saturated rings. The average Bonchev–Trinajstić information content (AvgIpc) is 2.96. The highest BCUT2D eigenvalue weighted by molar-refractivity contribution is 6.30. The summed E-state index contributed by atoms with van der Waals surface area (Å²) in [6.45, 7) is 3.68. The number of nitrogens with one attached hydrogen (secondary N) is 2. The first-order chi connectivity index (χ1) is 11.7. The van der Waals surface area contributed by atoms with Crippen molar-refractivity contribution in [2.45, 2.75) is 26.3 Å². The van der Waals surface area contributed by atoms with Crippen LogP contribution in [0.1, 0.15) is 25.3 Å². The summed E-state index contributed by atoms with van der Waals surface area (Å²) in [5, 5.41) is 12.6. The number of fused-ring (bicyclic) bond motifs is 1. The summed E-state index contributed by atoms with van der Waals surface area (Å²) >= 11 is 5.93. The molecule has 2 aromatic heterocycles. The van der Waals surface area contributed by atoms with Gasteiger partial charge in [-0.2, -0.15) is 15.1 Å². The molecule has 0 unspecified atom stereocenters. The number of unbranched alkanes of at least 4 members (excludes halogenated alkanes) is 1. The van der Waals surface area contributed by atoms with Crippen LogP contribution in [0.4, 0.5) is 11.8 Å². The van der Waals surface area contributed by atoms with Gasteiger partial charge in [0.2, 0.25) is 5.95 Å². The third-order valence-electron chi connectivity index (χ3n) is 3.78. The molecule has 3 aromatic rings. The number of rotatable bonds is 7. The third-order valence-corrected chi connectivity index (χ3v) is 4.03. The van der Waals surface area contributed by atoms with E-state index >= 15 is 0 Å². The van der Waals surface area contributed by atoms with Gasteiger partial charge in [-0.25, -0.2) is 0 Å². The van der Waals surface area contributed by atoms with Crippen LogP contribution >= 0.6 is 11.6 Å².